The fourth-order valence-electron chi connectivity index (χ4n) is 2.34. The molecule has 0 bridgehead atoms. The summed E-state index contributed by atoms with van der Waals surface area (Å²) in [7, 11) is 0. The highest BCUT2D eigenvalue weighted by Gasteiger charge is 2.25. The number of nitrogens with zero attached hydrogens (tertiary/aromatic N) is 2. The van der Waals surface area contributed by atoms with E-state index in [0.29, 0.717) is 30.4 Å². The van der Waals surface area contributed by atoms with Crippen molar-refractivity contribution >= 4 is 28.5 Å². The second-order valence-electron chi connectivity index (χ2n) is 5.02. The lowest BCUT2D eigenvalue weighted by molar-refractivity contribution is -0.143. The Balaban J connectivity index is 1.68. The van der Waals surface area contributed by atoms with Gasteiger partial charge < -0.3 is 10.4 Å². The molecule has 1 aliphatic carbocycles. The molecule has 1 heterocycles. The van der Waals surface area contributed by atoms with Gasteiger partial charge in [0.25, 0.3) is 0 Å². The van der Waals surface area contributed by atoms with Crippen LogP contribution in [0.5, 0.6) is 0 Å². The molecule has 0 unspecified atom stereocenters. The predicted octanol–water partition coefficient (Wildman–Crippen LogP) is 1.86. The smallest absolute Gasteiger partial charge is 0.321 e. The fourth-order valence-corrected chi connectivity index (χ4v) is 2.93. The second-order valence-corrected chi connectivity index (χ2v) is 6.20. The number of carboxylic acid groups (broad SMARTS) is 1. The van der Waals surface area contributed by atoms with Gasteiger partial charge in [-0.05, 0) is 38.5 Å². The summed E-state index contributed by atoms with van der Waals surface area (Å²) < 4.78 is 0. The quantitative estimate of drug-likeness (QED) is 0.787. The van der Waals surface area contributed by atoms with Crippen LogP contribution >= 0.6 is 11.3 Å². The number of anilines is 1. The van der Waals surface area contributed by atoms with Crippen molar-refractivity contribution in [3.05, 3.63) is 5.01 Å². The van der Waals surface area contributed by atoms with Crippen LogP contribution < -0.4 is 10.6 Å². The first-order chi connectivity index (χ1) is 9.54. The molecular formula is C12H18N4O3S. The maximum Gasteiger partial charge on any atom is 0.321 e. The minimum atomic E-state index is -0.708. The predicted molar refractivity (Wildman–Crippen MR) is 74.8 cm³/mol. The molecule has 7 nitrogen and oxygen atoms in total. The number of carboxylic acids is 1. The Morgan fingerprint density at radius 1 is 1.30 bits per heavy atom. The van der Waals surface area contributed by atoms with Crippen LogP contribution in [0.1, 0.15) is 30.7 Å². The minimum absolute atomic E-state index is 0.218. The number of aromatic nitrogens is 2. The van der Waals surface area contributed by atoms with Gasteiger partial charge in [0.15, 0.2) is 0 Å². The third-order valence-corrected chi connectivity index (χ3v) is 4.25. The molecular weight excluding hydrogens is 280 g/mol. The zero-order valence-corrected chi connectivity index (χ0v) is 12.1. The normalized spacial score (nSPS) is 22.2. The molecule has 8 heteroatoms. The molecule has 1 saturated carbocycles. The van der Waals surface area contributed by atoms with Gasteiger partial charge in [-0.15, -0.1) is 10.2 Å². The lowest BCUT2D eigenvalue weighted by Crippen LogP contribution is -2.35. The summed E-state index contributed by atoms with van der Waals surface area (Å²) in [5.74, 6) is -0.572. The largest absolute Gasteiger partial charge is 0.481 e. The summed E-state index contributed by atoms with van der Waals surface area (Å²) in [4.78, 5) is 22.5. The van der Waals surface area contributed by atoms with Crippen LogP contribution in [0, 0.1) is 18.8 Å². The van der Waals surface area contributed by atoms with Gasteiger partial charge in [-0.2, -0.15) is 0 Å². The van der Waals surface area contributed by atoms with Gasteiger partial charge in [-0.1, -0.05) is 11.3 Å². The van der Waals surface area contributed by atoms with E-state index in [2.05, 4.69) is 20.8 Å². The monoisotopic (exact) mass is 298 g/mol. The summed E-state index contributed by atoms with van der Waals surface area (Å²) in [6.45, 7) is 2.39. The van der Waals surface area contributed by atoms with Crippen molar-refractivity contribution in [2.24, 2.45) is 11.8 Å². The summed E-state index contributed by atoms with van der Waals surface area (Å²) in [6.07, 6.45) is 3.07. The van der Waals surface area contributed by atoms with Gasteiger partial charge in [0.1, 0.15) is 5.01 Å². The standard InChI is InChI=1S/C12H18N4O3S/c1-7-15-16-12(20-7)14-11(19)13-6-8-2-4-9(5-3-8)10(17)18/h8-9H,2-6H2,1H3,(H,17,18)(H2,13,14,16,19). The number of aryl methyl sites for hydroxylation is 1. The molecule has 0 aromatic carbocycles. The molecule has 0 aliphatic heterocycles. The van der Waals surface area contributed by atoms with E-state index >= 15 is 0 Å². The van der Waals surface area contributed by atoms with Crippen molar-refractivity contribution in [2.75, 3.05) is 11.9 Å². The maximum absolute atomic E-state index is 11.7. The molecule has 0 saturated heterocycles. The first kappa shape index (κ1) is 14.7. The van der Waals surface area contributed by atoms with Gasteiger partial charge in [0.2, 0.25) is 5.13 Å². The first-order valence-electron chi connectivity index (χ1n) is 6.62. The number of amides is 2. The molecule has 0 atom stereocenters. The van der Waals surface area contributed by atoms with E-state index in [1.54, 1.807) is 0 Å². The van der Waals surface area contributed by atoms with Crippen molar-refractivity contribution in [3.8, 4) is 0 Å². The summed E-state index contributed by atoms with van der Waals surface area (Å²) in [5.41, 5.74) is 0. The maximum atomic E-state index is 11.7. The molecule has 0 spiro atoms. The highest BCUT2D eigenvalue weighted by molar-refractivity contribution is 7.15. The molecule has 110 valence electrons. The Kier molecular flexibility index (Phi) is 4.89. The van der Waals surface area contributed by atoms with Crippen molar-refractivity contribution in [1.29, 1.82) is 0 Å². The summed E-state index contributed by atoms with van der Waals surface area (Å²) >= 11 is 1.32. The molecule has 1 aliphatic rings. The first-order valence-corrected chi connectivity index (χ1v) is 7.44. The zero-order chi connectivity index (χ0) is 14.5. The topological polar surface area (TPSA) is 104 Å². The Bertz CT molecular complexity index is 483. The molecule has 20 heavy (non-hydrogen) atoms. The van der Waals surface area contributed by atoms with Crippen LogP contribution in [-0.4, -0.2) is 33.8 Å². The van der Waals surface area contributed by atoms with E-state index in [4.69, 9.17) is 5.11 Å². The van der Waals surface area contributed by atoms with E-state index in [-0.39, 0.29) is 11.9 Å². The average molecular weight is 298 g/mol. The van der Waals surface area contributed by atoms with Crippen molar-refractivity contribution < 1.29 is 14.7 Å². The number of hydrogen-bond acceptors (Lipinski definition) is 5. The number of carbonyl (C=O) groups excluding carboxylic acids is 1. The third-order valence-electron chi connectivity index (χ3n) is 3.49. The van der Waals surface area contributed by atoms with Crippen LogP contribution in [0.25, 0.3) is 0 Å². The van der Waals surface area contributed by atoms with Gasteiger partial charge in [0.05, 0.1) is 5.92 Å². The fraction of sp³-hybridized carbons (Fsp3) is 0.667. The van der Waals surface area contributed by atoms with Crippen LogP contribution in [0.3, 0.4) is 0 Å². The van der Waals surface area contributed by atoms with Crippen LogP contribution in [0.4, 0.5) is 9.93 Å². The number of rotatable bonds is 4. The van der Waals surface area contributed by atoms with E-state index in [9.17, 15) is 9.59 Å². The lowest BCUT2D eigenvalue weighted by Gasteiger charge is -2.26. The van der Waals surface area contributed by atoms with Crippen molar-refractivity contribution in [3.63, 3.8) is 0 Å². The van der Waals surface area contributed by atoms with E-state index in [1.165, 1.54) is 11.3 Å². The van der Waals surface area contributed by atoms with Crippen LogP contribution in [0.2, 0.25) is 0 Å². The molecule has 0 radical (unpaired) electrons. The van der Waals surface area contributed by atoms with E-state index in [1.807, 2.05) is 6.92 Å². The van der Waals surface area contributed by atoms with Crippen molar-refractivity contribution in [2.45, 2.75) is 32.6 Å². The Hall–Kier alpha value is -1.70. The van der Waals surface area contributed by atoms with Gasteiger partial charge in [-0.3, -0.25) is 10.1 Å². The number of hydrogen-bond donors (Lipinski definition) is 3. The Labute approximate surface area is 120 Å². The number of aliphatic carboxylic acids is 1. The van der Waals surface area contributed by atoms with Gasteiger partial charge in [0, 0.05) is 6.54 Å². The molecule has 2 rings (SSSR count). The summed E-state index contributed by atoms with van der Waals surface area (Å²) in [5, 5.41) is 23.2. The second kappa shape index (κ2) is 6.65. The van der Waals surface area contributed by atoms with E-state index < -0.39 is 5.97 Å². The average Bonchev–Trinajstić information content (AvgIpc) is 2.82. The molecule has 3 N–H and O–H groups in total. The summed E-state index contributed by atoms with van der Waals surface area (Å²) in [6, 6.07) is -0.290. The van der Waals surface area contributed by atoms with Gasteiger partial charge in [-0.25, -0.2) is 4.79 Å². The minimum Gasteiger partial charge on any atom is -0.481 e. The third kappa shape index (κ3) is 4.16. The van der Waals surface area contributed by atoms with Crippen molar-refractivity contribution in [1.82, 2.24) is 15.5 Å². The highest BCUT2D eigenvalue weighted by Crippen LogP contribution is 2.28. The van der Waals surface area contributed by atoms with Gasteiger partial charge >= 0.3 is 12.0 Å². The number of nitrogens with one attached hydrogen (secondary N) is 2. The molecule has 1 fully saturated rings. The SMILES string of the molecule is Cc1nnc(NC(=O)NCC2CCC(C(=O)O)CC2)s1. The van der Waals surface area contributed by atoms with E-state index in [0.717, 1.165) is 17.8 Å². The zero-order valence-electron chi connectivity index (χ0n) is 11.3. The lowest BCUT2D eigenvalue weighted by atomic mass is 9.82. The van der Waals surface area contributed by atoms with Crippen LogP contribution in [0.15, 0.2) is 0 Å². The number of urea groups is 1. The molecule has 2 amide bonds. The number of carbonyl (C=O) groups is 2. The molecule has 1 aromatic rings. The molecule has 1 aromatic heterocycles. The van der Waals surface area contributed by atoms with Crippen LogP contribution in [-0.2, 0) is 4.79 Å². The Morgan fingerprint density at radius 2 is 2.00 bits per heavy atom. The highest BCUT2D eigenvalue weighted by atomic mass is 32.1. The Morgan fingerprint density at radius 3 is 2.55 bits per heavy atom.